The predicted octanol–water partition coefficient (Wildman–Crippen LogP) is 2.19. The standard InChI is InChI=1S/C21H25N7O2/c1-16(2)28-20(23-24-25-28)15-30-18-8-6-17(7-9-18)21(29)27-13-11-26(12-14-27)19-5-3-4-10-22-19/h3-10,16H,11-15H2,1-2H3. The molecule has 3 aromatic rings. The third-order valence-corrected chi connectivity index (χ3v) is 5.06. The summed E-state index contributed by atoms with van der Waals surface area (Å²) in [6.45, 7) is 7.18. The Balaban J connectivity index is 1.32. The van der Waals surface area contributed by atoms with Crippen molar-refractivity contribution in [3.8, 4) is 5.75 Å². The molecule has 0 saturated carbocycles. The Morgan fingerprint density at radius 1 is 1.07 bits per heavy atom. The van der Waals surface area contributed by atoms with Gasteiger partial charge in [-0.05, 0) is 60.7 Å². The summed E-state index contributed by atoms with van der Waals surface area (Å²) in [7, 11) is 0. The van der Waals surface area contributed by atoms with Crippen LogP contribution >= 0.6 is 0 Å². The van der Waals surface area contributed by atoms with Crippen molar-refractivity contribution >= 4 is 11.7 Å². The van der Waals surface area contributed by atoms with Crippen LogP contribution in [0.15, 0.2) is 48.7 Å². The van der Waals surface area contributed by atoms with Gasteiger partial charge in [-0.15, -0.1) is 5.10 Å². The smallest absolute Gasteiger partial charge is 0.253 e. The van der Waals surface area contributed by atoms with Crippen LogP contribution in [-0.4, -0.2) is 62.2 Å². The molecule has 0 atom stereocenters. The van der Waals surface area contributed by atoms with Crippen molar-refractivity contribution in [2.75, 3.05) is 31.1 Å². The number of rotatable bonds is 6. The number of aromatic nitrogens is 5. The van der Waals surface area contributed by atoms with Crippen molar-refractivity contribution in [1.29, 1.82) is 0 Å². The minimum Gasteiger partial charge on any atom is -0.486 e. The molecule has 0 radical (unpaired) electrons. The second kappa shape index (κ2) is 8.89. The number of benzene rings is 1. The molecule has 30 heavy (non-hydrogen) atoms. The van der Waals surface area contributed by atoms with Crippen molar-refractivity contribution in [2.45, 2.75) is 26.5 Å². The lowest BCUT2D eigenvalue weighted by Crippen LogP contribution is -2.49. The van der Waals surface area contributed by atoms with E-state index in [1.807, 2.05) is 36.9 Å². The monoisotopic (exact) mass is 407 g/mol. The second-order valence-corrected chi connectivity index (χ2v) is 7.41. The lowest BCUT2D eigenvalue weighted by Gasteiger charge is -2.35. The molecule has 0 bridgehead atoms. The van der Waals surface area contributed by atoms with Gasteiger partial charge in [-0.25, -0.2) is 9.67 Å². The van der Waals surface area contributed by atoms with Crippen LogP contribution in [0.1, 0.15) is 36.1 Å². The predicted molar refractivity (Wildman–Crippen MR) is 111 cm³/mol. The summed E-state index contributed by atoms with van der Waals surface area (Å²) in [6.07, 6.45) is 1.79. The first-order valence-corrected chi connectivity index (χ1v) is 10.1. The second-order valence-electron chi connectivity index (χ2n) is 7.41. The van der Waals surface area contributed by atoms with Crippen molar-refractivity contribution in [1.82, 2.24) is 30.1 Å². The fourth-order valence-electron chi connectivity index (χ4n) is 3.41. The zero-order valence-electron chi connectivity index (χ0n) is 17.2. The van der Waals surface area contributed by atoms with Gasteiger partial charge in [0.2, 0.25) is 0 Å². The van der Waals surface area contributed by atoms with E-state index < -0.39 is 0 Å². The fraction of sp³-hybridized carbons (Fsp3) is 0.381. The van der Waals surface area contributed by atoms with Crippen LogP contribution in [0.5, 0.6) is 5.75 Å². The highest BCUT2D eigenvalue weighted by Gasteiger charge is 2.22. The van der Waals surface area contributed by atoms with E-state index in [1.165, 1.54) is 0 Å². The molecule has 0 unspecified atom stereocenters. The molecule has 156 valence electrons. The zero-order valence-corrected chi connectivity index (χ0v) is 17.2. The molecule has 1 aliphatic rings. The number of piperazine rings is 1. The molecule has 1 aliphatic heterocycles. The minimum atomic E-state index is 0.0333. The molecular weight excluding hydrogens is 382 g/mol. The number of carbonyl (C=O) groups excluding carboxylic acids is 1. The third kappa shape index (κ3) is 4.40. The van der Waals surface area contributed by atoms with Gasteiger partial charge in [0.05, 0.1) is 6.04 Å². The van der Waals surface area contributed by atoms with Crippen LogP contribution < -0.4 is 9.64 Å². The maximum Gasteiger partial charge on any atom is 0.253 e. The molecule has 1 aromatic carbocycles. The Morgan fingerprint density at radius 2 is 1.83 bits per heavy atom. The zero-order chi connectivity index (χ0) is 20.9. The van der Waals surface area contributed by atoms with E-state index >= 15 is 0 Å². The number of pyridine rings is 1. The first-order valence-electron chi connectivity index (χ1n) is 10.1. The van der Waals surface area contributed by atoms with Crippen molar-refractivity contribution in [3.05, 3.63) is 60.0 Å². The molecule has 3 heterocycles. The molecule has 1 amide bonds. The summed E-state index contributed by atoms with van der Waals surface area (Å²) < 4.78 is 7.51. The molecule has 0 N–H and O–H groups in total. The summed E-state index contributed by atoms with van der Waals surface area (Å²) in [6, 6.07) is 13.3. The summed E-state index contributed by atoms with van der Waals surface area (Å²) >= 11 is 0. The number of tetrazole rings is 1. The van der Waals surface area contributed by atoms with Gasteiger partial charge >= 0.3 is 0 Å². The topological polar surface area (TPSA) is 89.3 Å². The number of anilines is 1. The largest absolute Gasteiger partial charge is 0.486 e. The Morgan fingerprint density at radius 3 is 2.50 bits per heavy atom. The van der Waals surface area contributed by atoms with Crippen LogP contribution in [-0.2, 0) is 6.61 Å². The summed E-state index contributed by atoms with van der Waals surface area (Å²) in [5.74, 6) is 2.32. The van der Waals surface area contributed by atoms with Crippen LogP contribution in [0.25, 0.3) is 0 Å². The van der Waals surface area contributed by atoms with Crippen LogP contribution in [0, 0.1) is 0 Å². The van der Waals surface area contributed by atoms with Crippen LogP contribution in [0.2, 0.25) is 0 Å². The number of nitrogens with zero attached hydrogens (tertiary/aromatic N) is 7. The average Bonchev–Trinajstić information content (AvgIpc) is 3.27. The highest BCUT2D eigenvalue weighted by molar-refractivity contribution is 5.94. The quantitative estimate of drug-likeness (QED) is 0.619. The number of hydrogen-bond acceptors (Lipinski definition) is 7. The molecular formula is C21H25N7O2. The van der Waals surface area contributed by atoms with Gasteiger partial charge in [-0.1, -0.05) is 6.07 Å². The lowest BCUT2D eigenvalue weighted by molar-refractivity contribution is 0.0746. The lowest BCUT2D eigenvalue weighted by atomic mass is 10.1. The fourth-order valence-corrected chi connectivity index (χ4v) is 3.41. The van der Waals surface area contributed by atoms with E-state index in [0.717, 1.165) is 18.9 Å². The van der Waals surface area contributed by atoms with Gasteiger partial charge in [0.1, 0.15) is 18.2 Å². The van der Waals surface area contributed by atoms with Crippen molar-refractivity contribution in [3.63, 3.8) is 0 Å². The molecule has 4 rings (SSSR count). The highest BCUT2D eigenvalue weighted by Crippen LogP contribution is 2.18. The Bertz CT molecular complexity index is 965. The highest BCUT2D eigenvalue weighted by atomic mass is 16.5. The van der Waals surface area contributed by atoms with Crippen LogP contribution in [0.4, 0.5) is 5.82 Å². The van der Waals surface area contributed by atoms with Crippen molar-refractivity contribution in [2.24, 2.45) is 0 Å². The SMILES string of the molecule is CC(C)n1nnnc1COc1ccc(C(=O)N2CCN(c3ccccn3)CC2)cc1. The van der Waals surface area contributed by atoms with Crippen molar-refractivity contribution < 1.29 is 9.53 Å². The number of carbonyl (C=O) groups is 1. The molecule has 9 heteroatoms. The van der Waals surface area contributed by atoms with E-state index in [-0.39, 0.29) is 18.6 Å². The van der Waals surface area contributed by atoms with E-state index in [1.54, 1.807) is 35.1 Å². The maximum atomic E-state index is 12.8. The molecule has 0 aliphatic carbocycles. The van der Waals surface area contributed by atoms with Gasteiger partial charge < -0.3 is 14.5 Å². The summed E-state index contributed by atoms with van der Waals surface area (Å²) in [5.41, 5.74) is 0.653. The number of amides is 1. The summed E-state index contributed by atoms with van der Waals surface area (Å²) in [4.78, 5) is 21.3. The summed E-state index contributed by atoms with van der Waals surface area (Å²) in [5, 5.41) is 11.6. The number of ether oxygens (including phenoxy) is 1. The third-order valence-electron chi connectivity index (χ3n) is 5.06. The molecule has 1 fully saturated rings. The van der Waals surface area contributed by atoms with E-state index in [2.05, 4.69) is 25.4 Å². The van der Waals surface area contributed by atoms with Gasteiger partial charge in [0.15, 0.2) is 5.82 Å². The molecule has 2 aromatic heterocycles. The Labute approximate surface area is 175 Å². The van der Waals surface area contributed by atoms with Gasteiger partial charge in [0.25, 0.3) is 5.91 Å². The first kappa shape index (κ1) is 19.8. The molecule has 0 spiro atoms. The van der Waals surface area contributed by atoms with E-state index in [0.29, 0.717) is 30.2 Å². The number of hydrogen-bond donors (Lipinski definition) is 0. The molecule has 9 nitrogen and oxygen atoms in total. The minimum absolute atomic E-state index is 0.0333. The van der Waals surface area contributed by atoms with Crippen LogP contribution in [0.3, 0.4) is 0 Å². The molecule has 1 saturated heterocycles. The van der Waals surface area contributed by atoms with E-state index in [4.69, 9.17) is 4.74 Å². The van der Waals surface area contributed by atoms with Gasteiger partial charge in [-0.3, -0.25) is 4.79 Å². The normalized spacial score (nSPS) is 14.2. The van der Waals surface area contributed by atoms with Gasteiger partial charge in [0, 0.05) is 37.9 Å². The van der Waals surface area contributed by atoms with Gasteiger partial charge in [-0.2, -0.15) is 0 Å². The average molecular weight is 407 g/mol. The first-order chi connectivity index (χ1) is 14.6. The maximum absolute atomic E-state index is 12.8. The van der Waals surface area contributed by atoms with E-state index in [9.17, 15) is 4.79 Å². The Kier molecular flexibility index (Phi) is 5.87. The Hall–Kier alpha value is -3.49.